The zero-order valence-corrected chi connectivity index (χ0v) is 8.14. The molecule has 0 unspecified atom stereocenters. The molecule has 5 heteroatoms. The molecule has 0 bridgehead atoms. The second-order valence-electron chi connectivity index (χ2n) is 3.61. The first-order valence-electron chi connectivity index (χ1n) is 4.69. The highest BCUT2D eigenvalue weighted by atomic mass is 16.3. The Bertz CT molecular complexity index is 321. The Hall–Kier alpha value is -1.36. The molecule has 0 saturated carbocycles. The van der Waals surface area contributed by atoms with Crippen molar-refractivity contribution in [1.82, 2.24) is 9.97 Å². The predicted octanol–water partition coefficient (Wildman–Crippen LogP) is -0.0618. The van der Waals surface area contributed by atoms with Gasteiger partial charge in [0.15, 0.2) is 0 Å². The van der Waals surface area contributed by atoms with Crippen molar-refractivity contribution in [2.24, 2.45) is 0 Å². The highest BCUT2D eigenvalue weighted by molar-refractivity contribution is 5.44. The van der Waals surface area contributed by atoms with Crippen molar-refractivity contribution in [3.05, 3.63) is 11.8 Å². The molecule has 0 amide bonds. The van der Waals surface area contributed by atoms with Gasteiger partial charge < -0.3 is 15.7 Å². The Morgan fingerprint density at radius 3 is 2.93 bits per heavy atom. The second kappa shape index (κ2) is 3.42. The molecule has 1 aliphatic rings. The first-order valence-corrected chi connectivity index (χ1v) is 4.69. The SMILES string of the molecule is Cc1cc(N2CC[C@H](O)C2)nc(N)n1. The molecule has 76 valence electrons. The standard InChI is InChI=1S/C9H14N4O/c1-6-4-8(12-9(10)11-6)13-3-2-7(14)5-13/h4,7,14H,2-3,5H2,1H3,(H2,10,11,12)/t7-/m0/s1. The van der Waals surface area contributed by atoms with Crippen LogP contribution in [0.3, 0.4) is 0 Å². The molecule has 2 rings (SSSR count). The molecule has 1 fully saturated rings. The molecule has 14 heavy (non-hydrogen) atoms. The van der Waals surface area contributed by atoms with Crippen LogP contribution in [-0.2, 0) is 0 Å². The largest absolute Gasteiger partial charge is 0.391 e. The van der Waals surface area contributed by atoms with Crippen LogP contribution in [0.25, 0.3) is 0 Å². The Morgan fingerprint density at radius 1 is 1.57 bits per heavy atom. The molecule has 1 atom stereocenters. The number of aromatic nitrogens is 2. The number of nitrogens with two attached hydrogens (primary N) is 1. The van der Waals surface area contributed by atoms with Gasteiger partial charge in [0, 0.05) is 24.8 Å². The molecule has 0 aromatic carbocycles. The summed E-state index contributed by atoms with van der Waals surface area (Å²) in [5.41, 5.74) is 6.41. The second-order valence-corrected chi connectivity index (χ2v) is 3.61. The Labute approximate surface area is 82.6 Å². The van der Waals surface area contributed by atoms with Gasteiger partial charge in [-0.25, -0.2) is 4.98 Å². The quantitative estimate of drug-likeness (QED) is 0.655. The number of aryl methyl sites for hydroxylation is 1. The summed E-state index contributed by atoms with van der Waals surface area (Å²) in [7, 11) is 0. The number of β-amino-alcohol motifs (C(OH)–C–C–N with tert-alkyl or cyclic N) is 1. The molecule has 0 radical (unpaired) electrons. The maximum Gasteiger partial charge on any atom is 0.222 e. The summed E-state index contributed by atoms with van der Waals surface area (Å²) in [6.07, 6.45) is 0.551. The number of anilines is 2. The first-order chi connectivity index (χ1) is 6.65. The average molecular weight is 194 g/mol. The molecular formula is C9H14N4O. The van der Waals surface area contributed by atoms with Crippen molar-refractivity contribution in [2.45, 2.75) is 19.4 Å². The number of nitrogens with zero attached hydrogens (tertiary/aromatic N) is 3. The van der Waals surface area contributed by atoms with Crippen LogP contribution in [0.4, 0.5) is 11.8 Å². The third kappa shape index (κ3) is 1.77. The van der Waals surface area contributed by atoms with Gasteiger partial charge in [-0.15, -0.1) is 0 Å². The van der Waals surface area contributed by atoms with Gasteiger partial charge in [0.2, 0.25) is 5.95 Å². The summed E-state index contributed by atoms with van der Waals surface area (Å²) >= 11 is 0. The Balaban J connectivity index is 2.23. The van der Waals surface area contributed by atoms with Crippen molar-refractivity contribution in [1.29, 1.82) is 0 Å². The fraction of sp³-hybridized carbons (Fsp3) is 0.556. The summed E-state index contributed by atoms with van der Waals surface area (Å²) in [4.78, 5) is 10.2. The van der Waals surface area contributed by atoms with E-state index in [9.17, 15) is 5.11 Å². The minimum atomic E-state index is -0.244. The summed E-state index contributed by atoms with van der Waals surface area (Å²) in [6.45, 7) is 3.35. The van der Waals surface area contributed by atoms with E-state index in [1.54, 1.807) is 0 Å². The average Bonchev–Trinajstić information content (AvgIpc) is 2.50. The zero-order chi connectivity index (χ0) is 10.1. The van der Waals surface area contributed by atoms with E-state index in [0.29, 0.717) is 12.5 Å². The van der Waals surface area contributed by atoms with Gasteiger partial charge in [-0.2, -0.15) is 4.98 Å². The lowest BCUT2D eigenvalue weighted by Crippen LogP contribution is -2.22. The number of hydrogen-bond acceptors (Lipinski definition) is 5. The minimum absolute atomic E-state index is 0.244. The maximum atomic E-state index is 9.38. The van der Waals surface area contributed by atoms with E-state index in [0.717, 1.165) is 24.5 Å². The van der Waals surface area contributed by atoms with Gasteiger partial charge in [-0.1, -0.05) is 0 Å². The number of rotatable bonds is 1. The normalized spacial score (nSPS) is 21.6. The first kappa shape index (κ1) is 9.21. The molecule has 5 nitrogen and oxygen atoms in total. The lowest BCUT2D eigenvalue weighted by molar-refractivity contribution is 0.198. The number of aliphatic hydroxyl groups is 1. The van der Waals surface area contributed by atoms with E-state index in [2.05, 4.69) is 9.97 Å². The van der Waals surface area contributed by atoms with Gasteiger partial charge in [-0.3, -0.25) is 0 Å². The van der Waals surface area contributed by atoms with Crippen LogP contribution in [0, 0.1) is 6.92 Å². The summed E-state index contributed by atoms with van der Waals surface area (Å²) in [5, 5.41) is 9.38. The fourth-order valence-electron chi connectivity index (χ4n) is 1.69. The Kier molecular flexibility index (Phi) is 2.25. The van der Waals surface area contributed by atoms with E-state index >= 15 is 0 Å². The van der Waals surface area contributed by atoms with Crippen molar-refractivity contribution in [2.75, 3.05) is 23.7 Å². The van der Waals surface area contributed by atoms with Crippen molar-refractivity contribution in [3.8, 4) is 0 Å². The molecule has 0 aliphatic carbocycles. The van der Waals surface area contributed by atoms with Gasteiger partial charge in [-0.05, 0) is 13.3 Å². The van der Waals surface area contributed by atoms with Gasteiger partial charge >= 0.3 is 0 Å². The van der Waals surface area contributed by atoms with E-state index in [1.165, 1.54) is 0 Å². The van der Waals surface area contributed by atoms with Crippen LogP contribution >= 0.6 is 0 Å². The van der Waals surface area contributed by atoms with Crippen molar-refractivity contribution < 1.29 is 5.11 Å². The van der Waals surface area contributed by atoms with Crippen LogP contribution in [0.15, 0.2) is 6.07 Å². The molecule has 2 heterocycles. The number of aliphatic hydroxyl groups excluding tert-OH is 1. The lowest BCUT2D eigenvalue weighted by atomic mass is 10.3. The van der Waals surface area contributed by atoms with Crippen LogP contribution in [-0.4, -0.2) is 34.3 Å². The topological polar surface area (TPSA) is 75.3 Å². The monoisotopic (exact) mass is 194 g/mol. The third-order valence-corrected chi connectivity index (χ3v) is 2.35. The van der Waals surface area contributed by atoms with Gasteiger partial charge in [0.25, 0.3) is 0 Å². The van der Waals surface area contributed by atoms with E-state index in [-0.39, 0.29) is 6.10 Å². The molecule has 0 spiro atoms. The zero-order valence-electron chi connectivity index (χ0n) is 8.14. The molecule has 1 aromatic heterocycles. The lowest BCUT2D eigenvalue weighted by Gasteiger charge is -2.16. The smallest absolute Gasteiger partial charge is 0.222 e. The van der Waals surface area contributed by atoms with Crippen LogP contribution < -0.4 is 10.6 Å². The van der Waals surface area contributed by atoms with Gasteiger partial charge in [0.05, 0.1) is 6.10 Å². The number of hydrogen-bond donors (Lipinski definition) is 2. The molecule has 3 N–H and O–H groups in total. The Morgan fingerprint density at radius 2 is 2.36 bits per heavy atom. The molecular weight excluding hydrogens is 180 g/mol. The van der Waals surface area contributed by atoms with Gasteiger partial charge in [0.1, 0.15) is 5.82 Å². The molecule has 1 aromatic rings. The summed E-state index contributed by atoms with van der Waals surface area (Å²) in [5.74, 6) is 1.10. The summed E-state index contributed by atoms with van der Waals surface area (Å²) in [6, 6.07) is 1.88. The fourth-order valence-corrected chi connectivity index (χ4v) is 1.69. The predicted molar refractivity (Wildman–Crippen MR) is 54.0 cm³/mol. The van der Waals surface area contributed by atoms with Crippen molar-refractivity contribution in [3.63, 3.8) is 0 Å². The van der Waals surface area contributed by atoms with Crippen molar-refractivity contribution >= 4 is 11.8 Å². The van der Waals surface area contributed by atoms with E-state index in [1.807, 2.05) is 17.9 Å². The van der Waals surface area contributed by atoms with E-state index < -0.39 is 0 Å². The highest BCUT2D eigenvalue weighted by Gasteiger charge is 2.21. The summed E-state index contributed by atoms with van der Waals surface area (Å²) < 4.78 is 0. The third-order valence-electron chi connectivity index (χ3n) is 2.35. The van der Waals surface area contributed by atoms with Crippen LogP contribution in [0.1, 0.15) is 12.1 Å². The maximum absolute atomic E-state index is 9.38. The number of nitrogen functional groups attached to an aromatic ring is 1. The van der Waals surface area contributed by atoms with Crippen LogP contribution in [0.2, 0.25) is 0 Å². The van der Waals surface area contributed by atoms with E-state index in [4.69, 9.17) is 5.73 Å². The minimum Gasteiger partial charge on any atom is -0.391 e. The molecule has 1 saturated heterocycles. The highest BCUT2D eigenvalue weighted by Crippen LogP contribution is 2.19. The van der Waals surface area contributed by atoms with Crippen LogP contribution in [0.5, 0.6) is 0 Å². The molecule has 1 aliphatic heterocycles.